The van der Waals surface area contributed by atoms with Crippen molar-refractivity contribution in [1.82, 2.24) is 0 Å². The number of alkyl halides is 3. The van der Waals surface area contributed by atoms with Gasteiger partial charge in [0.15, 0.2) is 0 Å². The first-order valence-corrected chi connectivity index (χ1v) is 5.06. The molecular weight excluding hydrogens is 264 g/mol. The lowest BCUT2D eigenvalue weighted by atomic mass is 10.1. The monoisotopic (exact) mass is 270 g/mol. The van der Waals surface area contributed by atoms with E-state index in [9.17, 15) is 18.0 Å². The Hall–Kier alpha value is -0.740. The quantitative estimate of drug-likeness (QED) is 0.810. The van der Waals surface area contributed by atoms with Crippen LogP contribution in [0, 0.1) is 0 Å². The molecule has 6 heteroatoms. The van der Waals surface area contributed by atoms with Crippen LogP contribution in [0.2, 0.25) is 10.0 Å². The van der Waals surface area contributed by atoms with Crippen molar-refractivity contribution in [2.24, 2.45) is 0 Å². The number of hydrogen-bond acceptors (Lipinski definition) is 1. The van der Waals surface area contributed by atoms with Crippen LogP contribution >= 0.6 is 23.2 Å². The number of hydrogen-bond donors (Lipinski definition) is 0. The van der Waals surface area contributed by atoms with E-state index in [4.69, 9.17) is 23.2 Å². The minimum atomic E-state index is -4.48. The number of carbonyl (C=O) groups is 1. The molecule has 1 aromatic rings. The lowest BCUT2D eigenvalue weighted by molar-refractivity contribution is -0.151. The fraction of sp³-hybridized carbons (Fsp3) is 0.300. The van der Waals surface area contributed by atoms with Crippen molar-refractivity contribution >= 4 is 29.0 Å². The highest BCUT2D eigenvalue weighted by Gasteiger charge is 2.31. The van der Waals surface area contributed by atoms with Gasteiger partial charge < -0.3 is 0 Å². The van der Waals surface area contributed by atoms with Gasteiger partial charge in [-0.3, -0.25) is 4.79 Å². The van der Waals surface area contributed by atoms with E-state index in [2.05, 4.69) is 0 Å². The van der Waals surface area contributed by atoms with Crippen molar-refractivity contribution in [2.75, 3.05) is 0 Å². The molecule has 0 bridgehead atoms. The minimum absolute atomic E-state index is 0.236. The van der Waals surface area contributed by atoms with Crippen LogP contribution in [-0.4, -0.2) is 12.0 Å². The Morgan fingerprint density at radius 1 is 1.25 bits per heavy atom. The van der Waals surface area contributed by atoms with E-state index in [-0.39, 0.29) is 11.4 Å². The maximum Gasteiger partial charge on any atom is 0.395 e. The number of Topliss-reactive ketones (excluding diaryl/α,β-unsaturated/α-hetero) is 1. The van der Waals surface area contributed by atoms with Gasteiger partial charge in [0, 0.05) is 16.5 Å². The van der Waals surface area contributed by atoms with Crippen molar-refractivity contribution in [2.45, 2.75) is 19.0 Å². The van der Waals surface area contributed by atoms with Gasteiger partial charge in [-0.2, -0.15) is 13.2 Å². The molecule has 0 amide bonds. The highest BCUT2D eigenvalue weighted by Crippen LogP contribution is 2.24. The highest BCUT2D eigenvalue weighted by atomic mass is 35.5. The molecule has 1 aromatic carbocycles. The lowest BCUT2D eigenvalue weighted by Gasteiger charge is -2.06. The fourth-order valence-electron chi connectivity index (χ4n) is 1.18. The SMILES string of the molecule is O=C(Cc1cc(Cl)ccc1Cl)CC(F)(F)F. The Kier molecular flexibility index (Phi) is 4.21. The zero-order valence-corrected chi connectivity index (χ0v) is 9.46. The van der Waals surface area contributed by atoms with Gasteiger partial charge in [0.1, 0.15) is 12.2 Å². The summed E-state index contributed by atoms with van der Waals surface area (Å²) >= 11 is 11.4. The summed E-state index contributed by atoms with van der Waals surface area (Å²) in [7, 11) is 0. The molecule has 0 fully saturated rings. The van der Waals surface area contributed by atoms with Gasteiger partial charge in [-0.1, -0.05) is 23.2 Å². The number of carbonyl (C=O) groups excluding carboxylic acids is 1. The van der Waals surface area contributed by atoms with Crippen molar-refractivity contribution in [3.63, 3.8) is 0 Å². The highest BCUT2D eigenvalue weighted by molar-refractivity contribution is 6.33. The van der Waals surface area contributed by atoms with Crippen molar-refractivity contribution in [3.05, 3.63) is 33.8 Å². The summed E-state index contributed by atoms with van der Waals surface area (Å²) in [5, 5.41) is 0.569. The number of halogens is 5. The second-order valence-electron chi connectivity index (χ2n) is 3.24. The Balaban J connectivity index is 2.73. The normalized spacial score (nSPS) is 11.6. The molecule has 0 spiro atoms. The summed E-state index contributed by atoms with van der Waals surface area (Å²) in [6, 6.07) is 4.33. The largest absolute Gasteiger partial charge is 0.395 e. The van der Waals surface area contributed by atoms with Crippen LogP contribution in [0.25, 0.3) is 0 Å². The molecule has 0 saturated carbocycles. The van der Waals surface area contributed by atoms with Crippen molar-refractivity contribution in [3.8, 4) is 0 Å². The van der Waals surface area contributed by atoms with E-state index in [1.165, 1.54) is 18.2 Å². The summed E-state index contributed by atoms with van der Waals surface area (Å²) in [5.74, 6) is -0.934. The standard InChI is InChI=1S/C10H7Cl2F3O/c11-7-1-2-9(12)6(3-7)4-8(16)5-10(13,14)15/h1-3H,4-5H2. The third-order valence-corrected chi connectivity index (χ3v) is 2.40. The van der Waals surface area contributed by atoms with Crippen LogP contribution in [0.3, 0.4) is 0 Å². The molecule has 1 nitrogen and oxygen atoms in total. The number of ketones is 1. The molecule has 0 aliphatic heterocycles. The maximum atomic E-state index is 11.9. The Morgan fingerprint density at radius 2 is 1.88 bits per heavy atom. The summed E-state index contributed by atoms with van der Waals surface area (Å²) < 4.78 is 35.7. The fourth-order valence-corrected chi connectivity index (χ4v) is 1.56. The molecule has 0 N–H and O–H groups in total. The van der Waals surface area contributed by atoms with Crippen LogP contribution in [0.4, 0.5) is 13.2 Å². The predicted octanol–water partition coefficient (Wildman–Crippen LogP) is 4.06. The summed E-state index contributed by atoms with van der Waals surface area (Å²) in [4.78, 5) is 11.1. The molecule has 0 heterocycles. The Morgan fingerprint density at radius 3 is 2.44 bits per heavy atom. The molecule has 0 radical (unpaired) electrons. The molecule has 0 aliphatic rings. The maximum absolute atomic E-state index is 11.9. The van der Waals surface area contributed by atoms with Gasteiger partial charge in [0.2, 0.25) is 0 Å². The molecule has 0 saturated heterocycles. The van der Waals surface area contributed by atoms with Gasteiger partial charge in [-0.15, -0.1) is 0 Å². The zero-order valence-electron chi connectivity index (χ0n) is 7.94. The molecule has 0 atom stereocenters. The molecule has 1 rings (SSSR count). The third kappa shape index (κ3) is 4.41. The molecule has 0 aromatic heterocycles. The van der Waals surface area contributed by atoms with Gasteiger partial charge in [0.05, 0.1) is 0 Å². The third-order valence-electron chi connectivity index (χ3n) is 1.79. The second kappa shape index (κ2) is 5.06. The average molecular weight is 271 g/mol. The van der Waals surface area contributed by atoms with Gasteiger partial charge in [-0.05, 0) is 23.8 Å². The van der Waals surface area contributed by atoms with Gasteiger partial charge >= 0.3 is 6.18 Å². The first-order valence-electron chi connectivity index (χ1n) is 4.30. The van der Waals surface area contributed by atoms with E-state index in [0.29, 0.717) is 10.6 Å². The molecule has 0 aliphatic carbocycles. The Labute approximate surface area is 100 Å². The molecule has 88 valence electrons. The summed E-state index contributed by atoms with van der Waals surface area (Å²) in [6.45, 7) is 0. The lowest BCUT2D eigenvalue weighted by Crippen LogP contribution is -2.16. The van der Waals surface area contributed by atoms with E-state index >= 15 is 0 Å². The molecule has 0 unspecified atom stereocenters. The first kappa shape index (κ1) is 13.3. The first-order chi connectivity index (χ1) is 7.28. The summed E-state index contributed by atoms with van der Waals surface area (Å²) in [5.41, 5.74) is 0.309. The van der Waals surface area contributed by atoms with Crippen LogP contribution in [0.1, 0.15) is 12.0 Å². The van der Waals surface area contributed by atoms with Crippen molar-refractivity contribution in [1.29, 1.82) is 0 Å². The van der Waals surface area contributed by atoms with Crippen LogP contribution in [-0.2, 0) is 11.2 Å². The average Bonchev–Trinajstić information content (AvgIpc) is 2.08. The number of benzene rings is 1. The van der Waals surface area contributed by atoms with Crippen LogP contribution < -0.4 is 0 Å². The molecular formula is C10H7Cl2F3O. The van der Waals surface area contributed by atoms with Crippen LogP contribution in [0.15, 0.2) is 18.2 Å². The predicted molar refractivity (Wildman–Crippen MR) is 55.8 cm³/mol. The van der Waals surface area contributed by atoms with E-state index in [0.717, 1.165) is 0 Å². The second-order valence-corrected chi connectivity index (χ2v) is 4.09. The number of rotatable bonds is 3. The Bertz CT molecular complexity index is 402. The zero-order chi connectivity index (χ0) is 12.3. The molecule has 16 heavy (non-hydrogen) atoms. The van der Waals surface area contributed by atoms with Crippen molar-refractivity contribution < 1.29 is 18.0 Å². The van der Waals surface area contributed by atoms with E-state index in [1.807, 2.05) is 0 Å². The van der Waals surface area contributed by atoms with Gasteiger partial charge in [-0.25, -0.2) is 0 Å². The van der Waals surface area contributed by atoms with Crippen LogP contribution in [0.5, 0.6) is 0 Å². The van der Waals surface area contributed by atoms with E-state index < -0.39 is 18.4 Å². The van der Waals surface area contributed by atoms with Gasteiger partial charge in [0.25, 0.3) is 0 Å². The smallest absolute Gasteiger partial charge is 0.299 e. The summed E-state index contributed by atoms with van der Waals surface area (Å²) in [6.07, 6.45) is -6.29. The topological polar surface area (TPSA) is 17.1 Å². The minimum Gasteiger partial charge on any atom is -0.299 e. The van der Waals surface area contributed by atoms with E-state index in [1.54, 1.807) is 0 Å².